The van der Waals surface area contributed by atoms with Crippen LogP contribution in [-0.4, -0.2) is 19.7 Å². The first kappa shape index (κ1) is 33.1. The lowest BCUT2D eigenvalue weighted by Gasteiger charge is -2.47. The molecule has 0 bridgehead atoms. The fourth-order valence-corrected chi connectivity index (χ4v) is 10.5. The minimum atomic E-state index is -0.0260. The molecule has 4 aliphatic rings. The number of aryl methyl sites for hydroxylation is 7. The Morgan fingerprint density at radius 3 is 1.43 bits per heavy atom. The number of anilines is 3. The summed E-state index contributed by atoms with van der Waals surface area (Å²) in [6.45, 7) is 15.2. The minimum absolute atomic E-state index is 0.0121. The summed E-state index contributed by atoms with van der Waals surface area (Å²) in [5.41, 5.74) is 24.3. The Morgan fingerprint density at radius 2 is 0.946 bits per heavy atom. The van der Waals surface area contributed by atoms with Crippen molar-refractivity contribution in [3.05, 3.63) is 148 Å². The van der Waals surface area contributed by atoms with E-state index >= 15 is 0 Å². The summed E-state index contributed by atoms with van der Waals surface area (Å²) >= 11 is 0. The largest absolute Gasteiger partial charge is 0.458 e. The van der Waals surface area contributed by atoms with Gasteiger partial charge in [-0.05, 0) is 174 Å². The van der Waals surface area contributed by atoms with Crippen LogP contribution in [0.3, 0.4) is 0 Å². The summed E-state index contributed by atoms with van der Waals surface area (Å²) in [7, 11) is 0. The summed E-state index contributed by atoms with van der Waals surface area (Å²) in [5, 5.41) is 0. The highest BCUT2D eigenvalue weighted by Crippen LogP contribution is 2.48. The van der Waals surface area contributed by atoms with Crippen molar-refractivity contribution >= 4 is 69.6 Å². The Bertz CT molecular complexity index is 2890. The molecule has 0 spiro atoms. The summed E-state index contributed by atoms with van der Waals surface area (Å²) < 4.78 is 14.0. The maximum absolute atomic E-state index is 11.9. The second-order valence-corrected chi connectivity index (χ2v) is 16.5. The zero-order chi connectivity index (χ0) is 38.3. The molecular formula is C50H39B2NO3. The van der Waals surface area contributed by atoms with Gasteiger partial charge < -0.3 is 14.4 Å². The van der Waals surface area contributed by atoms with Gasteiger partial charge in [-0.15, -0.1) is 0 Å². The minimum Gasteiger partial charge on any atom is -0.458 e. The van der Waals surface area contributed by atoms with Crippen LogP contribution >= 0.6 is 0 Å². The highest BCUT2D eigenvalue weighted by Gasteiger charge is 2.49. The van der Waals surface area contributed by atoms with Crippen LogP contribution in [0.2, 0.25) is 0 Å². The van der Waals surface area contributed by atoms with Gasteiger partial charge in [0.2, 0.25) is 0 Å². The highest BCUT2D eigenvalue weighted by molar-refractivity contribution is 7.03. The molecule has 0 saturated carbocycles. The Labute approximate surface area is 328 Å². The molecule has 56 heavy (non-hydrogen) atoms. The molecule has 0 unspecified atom stereocenters. The molecule has 0 aromatic heterocycles. The average molecular weight is 723 g/mol. The van der Waals surface area contributed by atoms with E-state index in [2.05, 4.69) is 144 Å². The standard InChI is InChI=1S/C50H39B2NO3/c1-26-11-13-42-36(15-26)51-38-17-28(3)18-39-50(38)53(40-21-34(23-44(55-42)48(40)51)46-29(4)9-8-10-30(46)5)41-22-35(47-31(6)19-33(25-54)20-32(47)7)24-45-49(41)52(39)37-16-27(2)12-14-43(37)56-45/h8-25H,1-7H3. The molecule has 0 atom stereocenters. The molecule has 7 aromatic carbocycles. The number of hydrogen-bond acceptors (Lipinski definition) is 4. The van der Waals surface area contributed by atoms with E-state index in [9.17, 15) is 4.79 Å². The van der Waals surface area contributed by atoms with Gasteiger partial charge in [-0.3, -0.25) is 4.79 Å². The summed E-state index contributed by atoms with van der Waals surface area (Å²) in [5.74, 6) is 3.58. The van der Waals surface area contributed by atoms with E-state index in [1.54, 1.807) is 0 Å². The number of carbonyl (C=O) groups excluding carboxylic acids is 1. The monoisotopic (exact) mass is 723 g/mol. The molecule has 11 rings (SSSR count). The van der Waals surface area contributed by atoms with Gasteiger partial charge in [0.25, 0.3) is 13.4 Å². The van der Waals surface area contributed by atoms with Gasteiger partial charge >= 0.3 is 0 Å². The molecule has 4 nitrogen and oxygen atoms in total. The predicted octanol–water partition coefficient (Wildman–Crippen LogP) is 8.33. The van der Waals surface area contributed by atoms with Crippen LogP contribution < -0.4 is 47.2 Å². The molecule has 0 N–H and O–H groups in total. The third kappa shape index (κ3) is 4.53. The molecule has 7 aromatic rings. The fourth-order valence-electron chi connectivity index (χ4n) is 10.5. The van der Waals surface area contributed by atoms with E-state index in [4.69, 9.17) is 9.47 Å². The fraction of sp³-hybridized carbons (Fsp3) is 0.140. The van der Waals surface area contributed by atoms with E-state index in [1.807, 2.05) is 12.1 Å². The van der Waals surface area contributed by atoms with Crippen molar-refractivity contribution in [1.29, 1.82) is 0 Å². The van der Waals surface area contributed by atoms with Crippen LogP contribution in [0.25, 0.3) is 22.3 Å². The van der Waals surface area contributed by atoms with Crippen LogP contribution in [0.15, 0.2) is 103 Å². The second-order valence-electron chi connectivity index (χ2n) is 16.5. The molecular weight excluding hydrogens is 684 g/mol. The topological polar surface area (TPSA) is 38.8 Å². The first-order valence-electron chi connectivity index (χ1n) is 19.6. The highest BCUT2D eigenvalue weighted by atomic mass is 16.5. The van der Waals surface area contributed by atoms with Gasteiger partial charge in [0.15, 0.2) is 0 Å². The third-order valence-electron chi connectivity index (χ3n) is 12.6. The Morgan fingerprint density at radius 1 is 0.482 bits per heavy atom. The zero-order valence-electron chi connectivity index (χ0n) is 32.7. The lowest BCUT2D eigenvalue weighted by atomic mass is 9.29. The molecule has 4 heterocycles. The molecule has 4 aliphatic heterocycles. The van der Waals surface area contributed by atoms with Crippen molar-refractivity contribution < 1.29 is 14.3 Å². The molecule has 0 aliphatic carbocycles. The van der Waals surface area contributed by atoms with Crippen LogP contribution in [0.5, 0.6) is 23.0 Å². The molecule has 6 heteroatoms. The number of fused-ring (bicyclic) bond motifs is 8. The Balaban J connectivity index is 1.29. The normalized spacial score (nSPS) is 13.5. The SMILES string of the molecule is Cc1ccc2c(c1)B1c3cc(C)cc4c3N(c3cc(-c5c(C)cccc5C)cc(c31)O2)c1cc(-c2c(C)cc(C=O)cc2C)cc2c1B4c1cc(C)ccc1O2. The number of nitrogens with zero attached hydrogens (tertiary/aromatic N) is 1. The first-order chi connectivity index (χ1) is 27.1. The Hall–Kier alpha value is -6.26. The number of benzene rings is 7. The first-order valence-corrected chi connectivity index (χ1v) is 19.6. The van der Waals surface area contributed by atoms with E-state index in [0.29, 0.717) is 5.56 Å². The molecule has 0 amide bonds. The van der Waals surface area contributed by atoms with Crippen LogP contribution in [0.1, 0.15) is 49.3 Å². The predicted molar refractivity (Wildman–Crippen MR) is 233 cm³/mol. The van der Waals surface area contributed by atoms with E-state index in [1.165, 1.54) is 71.8 Å². The maximum Gasteiger partial charge on any atom is 0.256 e. The molecule has 0 radical (unpaired) electrons. The smallest absolute Gasteiger partial charge is 0.256 e. The van der Waals surface area contributed by atoms with Gasteiger partial charge in [-0.2, -0.15) is 0 Å². The van der Waals surface area contributed by atoms with Crippen LogP contribution in [0, 0.1) is 48.5 Å². The number of aldehydes is 1. The molecule has 268 valence electrons. The van der Waals surface area contributed by atoms with Gasteiger partial charge in [0.1, 0.15) is 29.3 Å². The quantitative estimate of drug-likeness (QED) is 0.136. The van der Waals surface area contributed by atoms with E-state index < -0.39 is 0 Å². The average Bonchev–Trinajstić information content (AvgIpc) is 3.16. The molecule has 0 saturated heterocycles. The van der Waals surface area contributed by atoms with Crippen molar-refractivity contribution in [2.45, 2.75) is 48.5 Å². The number of rotatable bonds is 3. The zero-order valence-corrected chi connectivity index (χ0v) is 32.7. The van der Waals surface area contributed by atoms with E-state index in [0.717, 1.165) is 68.5 Å². The van der Waals surface area contributed by atoms with Crippen molar-refractivity contribution in [3.8, 4) is 45.3 Å². The summed E-state index contributed by atoms with van der Waals surface area (Å²) in [4.78, 5) is 14.5. The molecule has 0 fully saturated rings. The third-order valence-corrected chi connectivity index (χ3v) is 12.6. The van der Waals surface area contributed by atoms with Gasteiger partial charge in [0, 0.05) is 22.6 Å². The van der Waals surface area contributed by atoms with Crippen molar-refractivity contribution in [1.82, 2.24) is 0 Å². The lowest BCUT2D eigenvalue weighted by molar-refractivity contribution is 0.112. The second kappa shape index (κ2) is 11.6. The Kier molecular flexibility index (Phi) is 6.87. The maximum atomic E-state index is 11.9. The summed E-state index contributed by atoms with van der Waals surface area (Å²) in [6.07, 6.45) is 0.936. The number of ether oxygens (including phenoxy) is 2. The van der Waals surface area contributed by atoms with Crippen molar-refractivity contribution in [3.63, 3.8) is 0 Å². The summed E-state index contributed by atoms with van der Waals surface area (Å²) in [6, 6.07) is 37.9. The lowest BCUT2D eigenvalue weighted by Crippen LogP contribution is -2.66. The van der Waals surface area contributed by atoms with E-state index in [-0.39, 0.29) is 13.4 Å². The van der Waals surface area contributed by atoms with Crippen molar-refractivity contribution in [2.24, 2.45) is 0 Å². The number of carbonyl (C=O) groups is 1. The number of hydrogen-bond donors (Lipinski definition) is 0. The van der Waals surface area contributed by atoms with Crippen LogP contribution in [-0.2, 0) is 0 Å². The van der Waals surface area contributed by atoms with Gasteiger partial charge in [-0.1, -0.05) is 71.3 Å². The van der Waals surface area contributed by atoms with Crippen LogP contribution in [0.4, 0.5) is 17.1 Å². The van der Waals surface area contributed by atoms with Crippen molar-refractivity contribution in [2.75, 3.05) is 4.90 Å². The van der Waals surface area contributed by atoms with Gasteiger partial charge in [-0.25, -0.2) is 0 Å². The van der Waals surface area contributed by atoms with Gasteiger partial charge in [0.05, 0.1) is 0 Å².